The first-order valence-corrected chi connectivity index (χ1v) is 10.1. The van der Waals surface area contributed by atoms with Crippen LogP contribution < -0.4 is 5.32 Å². The van der Waals surface area contributed by atoms with Crippen molar-refractivity contribution >= 4 is 17.6 Å². The standard InChI is InChI=1S/C23H24N4O5/c1-15(2)32-22(28)14-20(19-6-4-5-7-21(19)27(30)31)25-23(29)17-8-10-18(11-9-17)26-16(3)12-13-24-26/h4-13,15,20H,14H2,1-3H3,(H,25,29). The molecule has 0 aliphatic rings. The molecule has 1 unspecified atom stereocenters. The molecule has 1 amide bonds. The molecule has 2 aromatic carbocycles. The van der Waals surface area contributed by atoms with E-state index in [0.29, 0.717) is 5.56 Å². The Morgan fingerprint density at radius 2 is 1.81 bits per heavy atom. The zero-order valence-corrected chi connectivity index (χ0v) is 18.0. The van der Waals surface area contributed by atoms with Crippen LogP contribution in [0.3, 0.4) is 0 Å². The molecule has 32 heavy (non-hydrogen) atoms. The van der Waals surface area contributed by atoms with Crippen LogP contribution in [0.1, 0.15) is 47.9 Å². The number of aryl methyl sites for hydroxylation is 1. The summed E-state index contributed by atoms with van der Waals surface area (Å²) in [6.45, 7) is 5.33. The number of amides is 1. The van der Waals surface area contributed by atoms with Crippen molar-refractivity contribution in [2.75, 3.05) is 0 Å². The number of nitro benzene ring substituents is 1. The van der Waals surface area contributed by atoms with Crippen molar-refractivity contribution in [2.24, 2.45) is 0 Å². The summed E-state index contributed by atoms with van der Waals surface area (Å²) >= 11 is 0. The minimum atomic E-state index is -0.927. The van der Waals surface area contributed by atoms with Crippen molar-refractivity contribution in [2.45, 2.75) is 39.3 Å². The van der Waals surface area contributed by atoms with Gasteiger partial charge in [-0.3, -0.25) is 19.7 Å². The second-order valence-electron chi connectivity index (χ2n) is 7.52. The van der Waals surface area contributed by atoms with Gasteiger partial charge in [0.1, 0.15) is 0 Å². The second-order valence-corrected chi connectivity index (χ2v) is 7.52. The van der Waals surface area contributed by atoms with E-state index in [2.05, 4.69) is 10.4 Å². The molecule has 166 valence electrons. The first-order valence-electron chi connectivity index (χ1n) is 10.1. The summed E-state index contributed by atoms with van der Waals surface area (Å²) < 4.78 is 6.92. The Balaban J connectivity index is 1.85. The third-order valence-corrected chi connectivity index (χ3v) is 4.76. The Labute approximate surface area is 185 Å². The van der Waals surface area contributed by atoms with Gasteiger partial charge in [-0.15, -0.1) is 0 Å². The molecule has 0 aliphatic heterocycles. The van der Waals surface area contributed by atoms with Gasteiger partial charge in [-0.25, -0.2) is 4.68 Å². The summed E-state index contributed by atoms with van der Waals surface area (Å²) in [6, 6.07) is 13.7. The number of ether oxygens (including phenoxy) is 1. The molecule has 0 spiro atoms. The van der Waals surface area contributed by atoms with Gasteiger partial charge in [0.25, 0.3) is 11.6 Å². The predicted octanol–water partition coefficient (Wildman–Crippen LogP) is 3.90. The fourth-order valence-corrected chi connectivity index (χ4v) is 3.30. The summed E-state index contributed by atoms with van der Waals surface area (Å²) in [6.07, 6.45) is 1.10. The highest BCUT2D eigenvalue weighted by atomic mass is 16.6. The van der Waals surface area contributed by atoms with Gasteiger partial charge in [0.15, 0.2) is 0 Å². The van der Waals surface area contributed by atoms with E-state index in [-0.39, 0.29) is 23.8 Å². The summed E-state index contributed by atoms with van der Waals surface area (Å²) in [5.41, 5.74) is 2.14. The zero-order valence-electron chi connectivity index (χ0n) is 18.0. The predicted molar refractivity (Wildman–Crippen MR) is 117 cm³/mol. The Kier molecular flexibility index (Phi) is 6.99. The number of hydrogen-bond donors (Lipinski definition) is 1. The van der Waals surface area contributed by atoms with Crippen LogP contribution in [0.2, 0.25) is 0 Å². The molecule has 1 aromatic heterocycles. The molecule has 0 saturated carbocycles. The Morgan fingerprint density at radius 3 is 2.41 bits per heavy atom. The second kappa shape index (κ2) is 9.86. The summed E-state index contributed by atoms with van der Waals surface area (Å²) in [5, 5.41) is 18.5. The number of carbonyl (C=O) groups is 2. The highest BCUT2D eigenvalue weighted by molar-refractivity contribution is 5.95. The summed E-state index contributed by atoms with van der Waals surface area (Å²) in [7, 11) is 0. The lowest BCUT2D eigenvalue weighted by atomic mass is 10.0. The maximum atomic E-state index is 12.9. The SMILES string of the molecule is Cc1ccnn1-c1ccc(C(=O)NC(CC(=O)OC(C)C)c2ccccc2[N+](=O)[O-])cc1. The van der Waals surface area contributed by atoms with Gasteiger partial charge in [0.05, 0.1) is 34.7 Å². The largest absolute Gasteiger partial charge is 0.463 e. The smallest absolute Gasteiger partial charge is 0.308 e. The van der Waals surface area contributed by atoms with Crippen molar-refractivity contribution in [3.63, 3.8) is 0 Å². The lowest BCUT2D eigenvalue weighted by Crippen LogP contribution is -2.31. The Hall–Kier alpha value is -4.01. The molecule has 0 fully saturated rings. The zero-order chi connectivity index (χ0) is 23.3. The van der Waals surface area contributed by atoms with E-state index >= 15 is 0 Å². The van der Waals surface area contributed by atoms with Gasteiger partial charge in [-0.1, -0.05) is 18.2 Å². The van der Waals surface area contributed by atoms with Gasteiger partial charge in [-0.05, 0) is 51.1 Å². The molecular weight excluding hydrogens is 412 g/mol. The molecule has 1 atom stereocenters. The lowest BCUT2D eigenvalue weighted by molar-refractivity contribution is -0.385. The number of aromatic nitrogens is 2. The van der Waals surface area contributed by atoms with Crippen LogP contribution in [-0.2, 0) is 9.53 Å². The molecule has 9 nitrogen and oxygen atoms in total. The summed E-state index contributed by atoms with van der Waals surface area (Å²) in [4.78, 5) is 36.2. The third-order valence-electron chi connectivity index (χ3n) is 4.76. The first-order chi connectivity index (χ1) is 15.3. The van der Waals surface area contributed by atoms with Crippen LogP contribution in [-0.4, -0.2) is 32.7 Å². The van der Waals surface area contributed by atoms with E-state index in [1.807, 2.05) is 13.0 Å². The number of nitrogens with one attached hydrogen (secondary N) is 1. The fourth-order valence-electron chi connectivity index (χ4n) is 3.30. The molecule has 0 saturated heterocycles. The monoisotopic (exact) mass is 436 g/mol. The number of nitro groups is 1. The molecule has 0 aliphatic carbocycles. The average molecular weight is 436 g/mol. The quantitative estimate of drug-likeness (QED) is 0.325. The van der Waals surface area contributed by atoms with Crippen LogP contribution in [0.25, 0.3) is 5.69 Å². The van der Waals surface area contributed by atoms with E-state index in [4.69, 9.17) is 4.74 Å². The molecule has 9 heteroatoms. The maximum Gasteiger partial charge on any atom is 0.308 e. The third kappa shape index (κ3) is 5.37. The van der Waals surface area contributed by atoms with Crippen molar-refractivity contribution in [1.29, 1.82) is 0 Å². The normalized spacial score (nSPS) is 11.8. The van der Waals surface area contributed by atoms with Crippen molar-refractivity contribution < 1.29 is 19.2 Å². The van der Waals surface area contributed by atoms with Crippen LogP contribution in [0.4, 0.5) is 5.69 Å². The minimum absolute atomic E-state index is 0.181. The number of esters is 1. The molecule has 1 heterocycles. The van der Waals surface area contributed by atoms with E-state index in [0.717, 1.165) is 11.4 Å². The van der Waals surface area contributed by atoms with Crippen molar-refractivity contribution in [1.82, 2.24) is 15.1 Å². The Morgan fingerprint density at radius 1 is 1.12 bits per heavy atom. The number of para-hydroxylation sites is 1. The van der Waals surface area contributed by atoms with Gasteiger partial charge in [0, 0.05) is 23.5 Å². The van der Waals surface area contributed by atoms with E-state index in [1.165, 1.54) is 18.2 Å². The maximum absolute atomic E-state index is 12.9. The van der Waals surface area contributed by atoms with Crippen LogP contribution in [0.15, 0.2) is 60.8 Å². The van der Waals surface area contributed by atoms with Gasteiger partial charge in [-0.2, -0.15) is 5.10 Å². The van der Waals surface area contributed by atoms with Gasteiger partial charge < -0.3 is 10.1 Å². The van der Waals surface area contributed by atoms with Crippen molar-refractivity contribution in [3.8, 4) is 5.69 Å². The summed E-state index contributed by atoms with van der Waals surface area (Å²) in [5.74, 6) is -1.03. The topological polar surface area (TPSA) is 116 Å². The van der Waals surface area contributed by atoms with E-state index in [1.54, 1.807) is 55.1 Å². The molecule has 3 rings (SSSR count). The highest BCUT2D eigenvalue weighted by Gasteiger charge is 2.27. The lowest BCUT2D eigenvalue weighted by Gasteiger charge is -2.19. The first kappa shape index (κ1) is 22.7. The molecule has 3 aromatic rings. The highest BCUT2D eigenvalue weighted by Crippen LogP contribution is 2.28. The number of hydrogen-bond acceptors (Lipinski definition) is 6. The average Bonchev–Trinajstić information content (AvgIpc) is 3.18. The van der Waals surface area contributed by atoms with Gasteiger partial charge >= 0.3 is 5.97 Å². The molecule has 0 bridgehead atoms. The van der Waals surface area contributed by atoms with E-state index in [9.17, 15) is 19.7 Å². The number of nitrogens with zero attached hydrogens (tertiary/aromatic N) is 3. The number of rotatable bonds is 8. The van der Waals surface area contributed by atoms with Crippen LogP contribution in [0, 0.1) is 17.0 Å². The molecule has 0 radical (unpaired) electrons. The Bertz CT molecular complexity index is 1120. The van der Waals surface area contributed by atoms with Crippen molar-refractivity contribution in [3.05, 3.63) is 87.7 Å². The van der Waals surface area contributed by atoms with Crippen LogP contribution in [0.5, 0.6) is 0 Å². The number of carbonyl (C=O) groups excluding carboxylic acids is 2. The van der Waals surface area contributed by atoms with Gasteiger partial charge in [0.2, 0.25) is 0 Å². The van der Waals surface area contributed by atoms with E-state index < -0.39 is 22.8 Å². The van der Waals surface area contributed by atoms with Crippen LogP contribution >= 0.6 is 0 Å². The fraction of sp³-hybridized carbons (Fsp3) is 0.261. The number of benzene rings is 2. The molecular formula is C23H24N4O5. The minimum Gasteiger partial charge on any atom is -0.463 e. The molecule has 1 N–H and O–H groups in total.